The van der Waals surface area contributed by atoms with Gasteiger partial charge < -0.3 is 10.5 Å². The average Bonchev–Trinajstić information content (AvgIpc) is 2.03. The molecule has 2 N–H and O–H groups in total. The van der Waals surface area contributed by atoms with Crippen LogP contribution in [0.25, 0.3) is 0 Å². The molecule has 0 aliphatic rings. The molecule has 0 aliphatic carbocycles. The maximum Gasteiger partial charge on any atom is 0.328 e. The van der Waals surface area contributed by atoms with E-state index >= 15 is 0 Å². The Balaban J connectivity index is 4.19. The Bertz CT molecular complexity index is 140. The van der Waals surface area contributed by atoms with Crippen LogP contribution in [-0.4, -0.2) is 25.3 Å². The Morgan fingerprint density at radius 2 is 2.27 bits per heavy atom. The topological polar surface area (TPSA) is 52.3 Å². The number of hydrogen-bond acceptors (Lipinski definition) is 3. The molecule has 0 aromatic carbocycles. The smallest absolute Gasteiger partial charge is 0.328 e. The first-order chi connectivity index (χ1) is 5.10. The summed E-state index contributed by atoms with van der Waals surface area (Å²) < 4.78 is 16.6. The minimum Gasteiger partial charge on any atom is -0.468 e. The van der Waals surface area contributed by atoms with Gasteiger partial charge in [-0.3, -0.25) is 0 Å². The number of methoxy groups -OCH3 is 1. The van der Waals surface area contributed by atoms with Crippen LogP contribution in [0.3, 0.4) is 0 Å². The number of halogens is 1. The van der Waals surface area contributed by atoms with Gasteiger partial charge in [0.2, 0.25) is 0 Å². The van der Waals surface area contributed by atoms with Gasteiger partial charge in [0.05, 0.1) is 7.11 Å². The monoisotopic (exact) mass is 163 g/mol. The largest absolute Gasteiger partial charge is 0.468 e. The van der Waals surface area contributed by atoms with E-state index in [-0.39, 0.29) is 0 Å². The number of hydrogen-bond donors (Lipinski definition) is 1. The van der Waals surface area contributed by atoms with Crippen molar-refractivity contribution in [3.8, 4) is 0 Å². The van der Waals surface area contributed by atoms with Gasteiger partial charge in [-0.1, -0.05) is 13.3 Å². The SMILES string of the molecule is CCCC(N)(CF)C(=O)OC. The number of nitrogens with two attached hydrogens (primary N) is 1. The van der Waals surface area contributed by atoms with Crippen LogP contribution in [-0.2, 0) is 9.53 Å². The van der Waals surface area contributed by atoms with Gasteiger partial charge >= 0.3 is 5.97 Å². The highest BCUT2D eigenvalue weighted by atomic mass is 19.1. The summed E-state index contributed by atoms with van der Waals surface area (Å²) in [6, 6.07) is 0. The molecule has 4 heteroatoms. The molecule has 0 radical (unpaired) electrons. The van der Waals surface area contributed by atoms with Gasteiger partial charge in [0.25, 0.3) is 0 Å². The second-order valence-electron chi connectivity index (χ2n) is 2.53. The molecule has 0 aromatic heterocycles. The van der Waals surface area contributed by atoms with E-state index in [1.807, 2.05) is 6.92 Å². The van der Waals surface area contributed by atoms with Crippen molar-refractivity contribution in [3.63, 3.8) is 0 Å². The van der Waals surface area contributed by atoms with Crippen molar-refractivity contribution < 1.29 is 13.9 Å². The van der Waals surface area contributed by atoms with Crippen molar-refractivity contribution in [2.45, 2.75) is 25.3 Å². The predicted molar refractivity (Wildman–Crippen MR) is 39.8 cm³/mol. The van der Waals surface area contributed by atoms with E-state index in [0.29, 0.717) is 12.8 Å². The number of carbonyl (C=O) groups excluding carboxylic acids is 1. The minimum absolute atomic E-state index is 0.316. The fourth-order valence-corrected chi connectivity index (χ4v) is 0.873. The Labute approximate surface area is 65.7 Å². The molecule has 11 heavy (non-hydrogen) atoms. The summed E-state index contributed by atoms with van der Waals surface area (Å²) in [5, 5.41) is 0. The van der Waals surface area contributed by atoms with Crippen LogP contribution in [0.2, 0.25) is 0 Å². The van der Waals surface area contributed by atoms with Crippen LogP contribution in [0, 0.1) is 0 Å². The van der Waals surface area contributed by atoms with Crippen molar-refractivity contribution in [3.05, 3.63) is 0 Å². The quantitative estimate of drug-likeness (QED) is 0.618. The number of alkyl halides is 1. The molecule has 1 atom stereocenters. The van der Waals surface area contributed by atoms with Crippen molar-refractivity contribution in [2.24, 2.45) is 5.73 Å². The minimum atomic E-state index is -1.43. The summed E-state index contributed by atoms with van der Waals surface area (Å²) >= 11 is 0. The van der Waals surface area contributed by atoms with E-state index < -0.39 is 18.2 Å². The lowest BCUT2D eigenvalue weighted by molar-refractivity contribution is -0.148. The molecule has 1 unspecified atom stereocenters. The second-order valence-corrected chi connectivity index (χ2v) is 2.53. The Hall–Kier alpha value is -0.640. The normalized spacial score (nSPS) is 15.6. The molecule has 0 heterocycles. The molecule has 0 bridgehead atoms. The highest BCUT2D eigenvalue weighted by molar-refractivity contribution is 5.80. The number of ether oxygens (including phenoxy) is 1. The molecule has 0 rings (SSSR count). The third-order valence-electron chi connectivity index (χ3n) is 1.53. The first-order valence-electron chi connectivity index (χ1n) is 3.54. The first-order valence-corrected chi connectivity index (χ1v) is 3.54. The second kappa shape index (κ2) is 4.28. The number of esters is 1. The zero-order valence-corrected chi connectivity index (χ0v) is 6.89. The van der Waals surface area contributed by atoms with Gasteiger partial charge in [-0.2, -0.15) is 0 Å². The molecule has 0 amide bonds. The van der Waals surface area contributed by atoms with Gasteiger partial charge in [0.1, 0.15) is 12.2 Å². The lowest BCUT2D eigenvalue weighted by atomic mass is 9.97. The van der Waals surface area contributed by atoms with Gasteiger partial charge in [-0.05, 0) is 6.42 Å². The van der Waals surface area contributed by atoms with E-state index in [9.17, 15) is 9.18 Å². The third kappa shape index (κ3) is 2.46. The Kier molecular flexibility index (Phi) is 4.03. The molecule has 0 aromatic rings. The van der Waals surface area contributed by atoms with E-state index in [0.717, 1.165) is 0 Å². The molecule has 0 spiro atoms. The predicted octanol–water partition coefficient (Wildman–Crippen LogP) is 0.627. The molecular formula is C7H14FNO2. The van der Waals surface area contributed by atoms with Crippen molar-refractivity contribution in [2.75, 3.05) is 13.8 Å². The maximum atomic E-state index is 12.2. The Morgan fingerprint density at radius 3 is 2.55 bits per heavy atom. The van der Waals surface area contributed by atoms with Crippen molar-refractivity contribution in [1.29, 1.82) is 0 Å². The standard InChI is InChI=1S/C7H14FNO2/c1-3-4-7(9,5-8)6(10)11-2/h3-5,9H2,1-2H3. The van der Waals surface area contributed by atoms with E-state index in [2.05, 4.69) is 4.74 Å². The lowest BCUT2D eigenvalue weighted by Crippen LogP contribution is -2.50. The molecule has 0 fully saturated rings. The number of carbonyl (C=O) groups is 1. The summed E-state index contributed by atoms with van der Waals surface area (Å²) in [6.07, 6.45) is 0.978. The highest BCUT2D eigenvalue weighted by Crippen LogP contribution is 2.11. The Morgan fingerprint density at radius 1 is 1.73 bits per heavy atom. The average molecular weight is 163 g/mol. The molecular weight excluding hydrogens is 149 g/mol. The third-order valence-corrected chi connectivity index (χ3v) is 1.53. The molecule has 0 aliphatic heterocycles. The summed E-state index contributed by atoms with van der Waals surface area (Å²) in [5.41, 5.74) is 3.99. The fourth-order valence-electron chi connectivity index (χ4n) is 0.873. The van der Waals surface area contributed by atoms with Gasteiger partial charge in [-0.25, -0.2) is 9.18 Å². The molecule has 66 valence electrons. The maximum absolute atomic E-state index is 12.2. The zero-order chi connectivity index (χ0) is 8.91. The summed E-state index contributed by atoms with van der Waals surface area (Å²) in [7, 11) is 1.20. The van der Waals surface area contributed by atoms with E-state index in [4.69, 9.17) is 5.73 Å². The van der Waals surface area contributed by atoms with E-state index in [1.54, 1.807) is 0 Å². The number of rotatable bonds is 4. The first kappa shape index (κ1) is 10.4. The van der Waals surface area contributed by atoms with Crippen LogP contribution < -0.4 is 5.73 Å². The van der Waals surface area contributed by atoms with Crippen LogP contribution in [0.4, 0.5) is 4.39 Å². The highest BCUT2D eigenvalue weighted by Gasteiger charge is 2.34. The van der Waals surface area contributed by atoms with Gasteiger partial charge in [-0.15, -0.1) is 0 Å². The summed E-state index contributed by atoms with van der Waals surface area (Å²) in [4.78, 5) is 10.9. The summed E-state index contributed by atoms with van der Waals surface area (Å²) in [5.74, 6) is -0.679. The van der Waals surface area contributed by atoms with Crippen LogP contribution in [0.15, 0.2) is 0 Å². The molecule has 0 saturated carbocycles. The lowest BCUT2D eigenvalue weighted by Gasteiger charge is -2.21. The molecule has 3 nitrogen and oxygen atoms in total. The van der Waals surface area contributed by atoms with Gasteiger partial charge in [0.15, 0.2) is 0 Å². The van der Waals surface area contributed by atoms with Crippen LogP contribution >= 0.6 is 0 Å². The zero-order valence-electron chi connectivity index (χ0n) is 6.89. The summed E-state index contributed by atoms with van der Waals surface area (Å²) in [6.45, 7) is 0.966. The van der Waals surface area contributed by atoms with Crippen LogP contribution in [0.5, 0.6) is 0 Å². The molecule has 0 saturated heterocycles. The van der Waals surface area contributed by atoms with Crippen LogP contribution in [0.1, 0.15) is 19.8 Å². The van der Waals surface area contributed by atoms with Crippen molar-refractivity contribution in [1.82, 2.24) is 0 Å². The van der Waals surface area contributed by atoms with Crippen molar-refractivity contribution >= 4 is 5.97 Å². The fraction of sp³-hybridized carbons (Fsp3) is 0.857. The van der Waals surface area contributed by atoms with E-state index in [1.165, 1.54) is 7.11 Å². The van der Waals surface area contributed by atoms with Gasteiger partial charge in [0, 0.05) is 0 Å².